The lowest BCUT2D eigenvalue weighted by Gasteiger charge is -2.32. The maximum absolute atomic E-state index is 13.1. The smallest absolute Gasteiger partial charge is 0.223 e. The van der Waals surface area contributed by atoms with E-state index in [0.29, 0.717) is 12.5 Å². The summed E-state index contributed by atoms with van der Waals surface area (Å²) in [7, 11) is 0. The van der Waals surface area contributed by atoms with Crippen LogP contribution in [0.2, 0.25) is 0 Å². The Morgan fingerprint density at radius 2 is 2.27 bits per heavy atom. The Morgan fingerprint density at radius 1 is 1.53 bits per heavy atom. The van der Waals surface area contributed by atoms with Gasteiger partial charge in [-0.15, -0.1) is 0 Å². The zero-order valence-corrected chi connectivity index (χ0v) is 8.96. The largest absolute Gasteiger partial charge is 0.312 e. The number of fused-ring (bicyclic) bond motifs is 1. The van der Waals surface area contributed by atoms with Crippen molar-refractivity contribution in [1.29, 1.82) is 0 Å². The van der Waals surface area contributed by atoms with Crippen molar-refractivity contribution < 1.29 is 9.18 Å². The third kappa shape index (κ3) is 1.87. The Morgan fingerprint density at radius 3 is 2.93 bits per heavy atom. The summed E-state index contributed by atoms with van der Waals surface area (Å²) in [5.74, 6) is 0.134. The van der Waals surface area contributed by atoms with Crippen molar-refractivity contribution in [3.63, 3.8) is 0 Å². The van der Waals surface area contributed by atoms with E-state index >= 15 is 0 Å². The molecule has 80 valence electrons. The molecule has 0 saturated carbocycles. The first kappa shape index (κ1) is 10.1. The molecule has 2 nitrogen and oxygen atoms in total. The van der Waals surface area contributed by atoms with E-state index in [9.17, 15) is 9.18 Å². The minimum Gasteiger partial charge on any atom is -0.312 e. The lowest BCUT2D eigenvalue weighted by molar-refractivity contribution is -0.116. The molecular weight excluding hydrogens is 193 g/mol. The SMILES string of the molecule is CC(=O)N1CC(C)Cc2ccc(F)cc21. The van der Waals surface area contributed by atoms with Crippen molar-refractivity contribution in [1.82, 2.24) is 0 Å². The molecule has 1 aliphatic rings. The average Bonchev–Trinajstić information content (AvgIpc) is 2.17. The van der Waals surface area contributed by atoms with Gasteiger partial charge >= 0.3 is 0 Å². The molecule has 1 amide bonds. The normalized spacial score (nSPS) is 19.9. The maximum Gasteiger partial charge on any atom is 0.223 e. The molecule has 0 radical (unpaired) electrons. The van der Waals surface area contributed by atoms with Crippen LogP contribution in [0.25, 0.3) is 0 Å². The predicted octanol–water partition coefficient (Wildman–Crippen LogP) is 2.37. The molecule has 3 heteroatoms. The molecule has 1 aromatic rings. The number of rotatable bonds is 0. The Balaban J connectivity index is 2.47. The van der Waals surface area contributed by atoms with Crippen molar-refractivity contribution in [3.05, 3.63) is 29.6 Å². The Bertz CT molecular complexity index is 403. The molecule has 1 aliphatic heterocycles. The van der Waals surface area contributed by atoms with E-state index in [0.717, 1.165) is 17.7 Å². The highest BCUT2D eigenvalue weighted by Gasteiger charge is 2.24. The van der Waals surface area contributed by atoms with Gasteiger partial charge in [-0.1, -0.05) is 13.0 Å². The first-order chi connectivity index (χ1) is 7.08. The number of hydrogen-bond acceptors (Lipinski definition) is 1. The number of benzene rings is 1. The van der Waals surface area contributed by atoms with Gasteiger partial charge in [0.1, 0.15) is 5.82 Å². The number of hydrogen-bond donors (Lipinski definition) is 0. The third-order valence-electron chi connectivity index (χ3n) is 2.78. The summed E-state index contributed by atoms with van der Waals surface area (Å²) in [5, 5.41) is 0. The summed E-state index contributed by atoms with van der Waals surface area (Å²) >= 11 is 0. The molecule has 2 rings (SSSR count). The van der Waals surface area contributed by atoms with Crippen LogP contribution in [0.4, 0.5) is 10.1 Å². The standard InChI is InChI=1S/C12H14FNO/c1-8-5-10-3-4-11(13)6-12(10)14(7-8)9(2)15/h3-4,6,8H,5,7H2,1-2H3. The third-order valence-corrected chi connectivity index (χ3v) is 2.78. The van der Waals surface area contributed by atoms with Gasteiger partial charge in [0.25, 0.3) is 0 Å². The van der Waals surface area contributed by atoms with E-state index in [-0.39, 0.29) is 11.7 Å². The fraction of sp³-hybridized carbons (Fsp3) is 0.417. The molecule has 0 bridgehead atoms. The molecule has 1 unspecified atom stereocenters. The summed E-state index contributed by atoms with van der Waals surface area (Å²) in [4.78, 5) is 13.1. The van der Waals surface area contributed by atoms with Gasteiger partial charge in [0.2, 0.25) is 5.91 Å². The molecule has 0 N–H and O–H groups in total. The number of nitrogens with zero attached hydrogens (tertiary/aromatic N) is 1. The van der Waals surface area contributed by atoms with Gasteiger partial charge in [-0.25, -0.2) is 4.39 Å². The average molecular weight is 207 g/mol. The van der Waals surface area contributed by atoms with Crippen LogP contribution in [0.5, 0.6) is 0 Å². The zero-order chi connectivity index (χ0) is 11.0. The molecule has 0 fully saturated rings. The van der Waals surface area contributed by atoms with E-state index in [4.69, 9.17) is 0 Å². The van der Waals surface area contributed by atoms with E-state index in [1.165, 1.54) is 19.1 Å². The Kier molecular flexibility index (Phi) is 2.47. The topological polar surface area (TPSA) is 20.3 Å². The van der Waals surface area contributed by atoms with Gasteiger partial charge in [-0.2, -0.15) is 0 Å². The second kappa shape index (κ2) is 3.65. The quantitative estimate of drug-likeness (QED) is 0.639. The fourth-order valence-electron chi connectivity index (χ4n) is 2.11. The van der Waals surface area contributed by atoms with Crippen molar-refractivity contribution in [2.24, 2.45) is 5.92 Å². The molecule has 1 aromatic carbocycles. The minimum atomic E-state index is -0.283. The number of anilines is 1. The molecule has 0 spiro atoms. The van der Waals surface area contributed by atoms with Gasteiger partial charge in [0.05, 0.1) is 0 Å². The molecule has 1 atom stereocenters. The maximum atomic E-state index is 13.1. The lowest BCUT2D eigenvalue weighted by Crippen LogP contribution is -2.37. The summed E-state index contributed by atoms with van der Waals surface area (Å²) in [5.41, 5.74) is 1.80. The summed E-state index contributed by atoms with van der Waals surface area (Å²) in [6.07, 6.45) is 0.916. The molecule has 15 heavy (non-hydrogen) atoms. The van der Waals surface area contributed by atoms with Gasteiger partial charge in [-0.3, -0.25) is 4.79 Å². The highest BCUT2D eigenvalue weighted by molar-refractivity contribution is 5.92. The lowest BCUT2D eigenvalue weighted by atomic mass is 9.94. The number of amides is 1. The molecule has 1 heterocycles. The first-order valence-electron chi connectivity index (χ1n) is 5.14. The van der Waals surface area contributed by atoms with Crippen LogP contribution in [0, 0.1) is 11.7 Å². The van der Waals surface area contributed by atoms with Crippen LogP contribution in [-0.2, 0) is 11.2 Å². The highest BCUT2D eigenvalue weighted by atomic mass is 19.1. The summed E-state index contributed by atoms with van der Waals surface area (Å²) in [6, 6.07) is 4.67. The second-order valence-electron chi connectivity index (χ2n) is 4.21. The van der Waals surface area contributed by atoms with Crippen LogP contribution >= 0.6 is 0 Å². The number of carbonyl (C=O) groups excluding carboxylic acids is 1. The van der Waals surface area contributed by atoms with E-state index in [1.54, 1.807) is 11.0 Å². The molecular formula is C12H14FNO. The second-order valence-corrected chi connectivity index (χ2v) is 4.21. The van der Waals surface area contributed by atoms with E-state index in [2.05, 4.69) is 6.92 Å². The molecule has 0 aliphatic carbocycles. The predicted molar refractivity (Wildman–Crippen MR) is 57.3 cm³/mol. The summed E-state index contributed by atoms with van der Waals surface area (Å²) in [6.45, 7) is 4.31. The van der Waals surface area contributed by atoms with Crippen molar-refractivity contribution in [3.8, 4) is 0 Å². The van der Waals surface area contributed by atoms with Crippen LogP contribution in [0.3, 0.4) is 0 Å². The van der Waals surface area contributed by atoms with E-state index < -0.39 is 0 Å². The van der Waals surface area contributed by atoms with Gasteiger partial charge in [0.15, 0.2) is 0 Å². The molecule has 0 saturated heterocycles. The van der Waals surface area contributed by atoms with Crippen LogP contribution in [-0.4, -0.2) is 12.5 Å². The highest BCUT2D eigenvalue weighted by Crippen LogP contribution is 2.30. The van der Waals surface area contributed by atoms with Crippen LogP contribution in [0.15, 0.2) is 18.2 Å². The van der Waals surface area contributed by atoms with Gasteiger partial charge < -0.3 is 4.90 Å². The Labute approximate surface area is 88.7 Å². The van der Waals surface area contributed by atoms with Gasteiger partial charge in [-0.05, 0) is 30.0 Å². The van der Waals surface area contributed by atoms with E-state index in [1.807, 2.05) is 0 Å². The first-order valence-corrected chi connectivity index (χ1v) is 5.14. The monoisotopic (exact) mass is 207 g/mol. The molecule has 0 aromatic heterocycles. The van der Waals surface area contributed by atoms with Crippen LogP contribution < -0.4 is 4.90 Å². The van der Waals surface area contributed by atoms with Crippen molar-refractivity contribution >= 4 is 11.6 Å². The fourth-order valence-corrected chi connectivity index (χ4v) is 2.11. The van der Waals surface area contributed by atoms with Gasteiger partial charge in [0, 0.05) is 19.2 Å². The number of halogens is 1. The summed E-state index contributed by atoms with van der Waals surface area (Å²) < 4.78 is 13.1. The zero-order valence-electron chi connectivity index (χ0n) is 8.96. The van der Waals surface area contributed by atoms with Crippen molar-refractivity contribution in [2.45, 2.75) is 20.3 Å². The minimum absolute atomic E-state index is 0.0200. The van der Waals surface area contributed by atoms with Crippen LogP contribution in [0.1, 0.15) is 19.4 Å². The number of carbonyl (C=O) groups is 1. The van der Waals surface area contributed by atoms with Crippen molar-refractivity contribution in [2.75, 3.05) is 11.4 Å². The Hall–Kier alpha value is -1.38.